The van der Waals surface area contributed by atoms with Crippen molar-refractivity contribution in [3.63, 3.8) is 0 Å². The fourth-order valence-corrected chi connectivity index (χ4v) is 4.32. The van der Waals surface area contributed by atoms with Crippen molar-refractivity contribution in [3.8, 4) is 0 Å². The summed E-state index contributed by atoms with van der Waals surface area (Å²) in [5.41, 5.74) is 10.1. The van der Waals surface area contributed by atoms with Crippen molar-refractivity contribution in [2.24, 2.45) is 0 Å². The number of pyridine rings is 1. The van der Waals surface area contributed by atoms with Gasteiger partial charge in [-0.25, -0.2) is 9.78 Å². The standard InChI is InChI=1S/C28H27N5O3/c1-17-20-3-2-4-22(15-20)33-28(35)36-14-12-18-5-7-19(8-6-18)25(27(34)31-17)32-23-9-10-24-21(16-23)11-13-30-26(24)29/h2-11,13,15-17,25,32H,12,14H2,1H3,(H2,29,30)(H,31,34)(H,33,35)/t17-,25?/m1/s1. The minimum atomic E-state index is -0.634. The highest BCUT2D eigenvalue weighted by molar-refractivity contribution is 5.94. The zero-order chi connectivity index (χ0) is 25.1. The Labute approximate surface area is 208 Å². The van der Waals surface area contributed by atoms with E-state index in [1.54, 1.807) is 12.3 Å². The number of benzene rings is 3. The molecule has 2 atom stereocenters. The number of anilines is 3. The van der Waals surface area contributed by atoms with Crippen LogP contribution in [0.1, 0.15) is 35.7 Å². The van der Waals surface area contributed by atoms with Crippen LogP contribution < -0.4 is 21.7 Å². The maximum atomic E-state index is 13.6. The SMILES string of the molecule is C[C@H]1NC(=O)C(Nc2ccc3c(N)nccc3c2)c2ccc(cc2)CCOC(=O)Nc2cccc1c2. The predicted molar refractivity (Wildman–Crippen MR) is 141 cm³/mol. The van der Waals surface area contributed by atoms with E-state index < -0.39 is 12.1 Å². The average Bonchev–Trinajstić information content (AvgIpc) is 2.87. The first-order valence-electron chi connectivity index (χ1n) is 11.8. The molecule has 0 fully saturated rings. The summed E-state index contributed by atoms with van der Waals surface area (Å²) in [5.74, 6) is 0.294. The Bertz CT molecular complexity index is 1420. The molecule has 0 spiro atoms. The Morgan fingerprint density at radius 3 is 2.67 bits per heavy atom. The molecule has 8 heteroatoms. The molecule has 1 unspecified atom stereocenters. The Morgan fingerprint density at radius 2 is 1.83 bits per heavy atom. The lowest BCUT2D eigenvalue weighted by Crippen LogP contribution is -2.35. The molecule has 2 amide bonds. The molecule has 8 nitrogen and oxygen atoms in total. The van der Waals surface area contributed by atoms with E-state index in [1.165, 1.54) is 0 Å². The number of nitrogen functional groups attached to an aromatic ring is 1. The zero-order valence-electron chi connectivity index (χ0n) is 19.8. The Balaban J connectivity index is 1.49. The van der Waals surface area contributed by atoms with E-state index in [0.717, 1.165) is 33.2 Å². The molecule has 0 radical (unpaired) electrons. The number of hydrogen-bond acceptors (Lipinski definition) is 6. The van der Waals surface area contributed by atoms with E-state index in [0.29, 0.717) is 17.9 Å². The Hall–Kier alpha value is -4.59. The van der Waals surface area contributed by atoms with Gasteiger partial charge in [0.05, 0.1) is 12.6 Å². The molecule has 2 aliphatic rings. The topological polar surface area (TPSA) is 118 Å². The van der Waals surface area contributed by atoms with Gasteiger partial charge in [0.25, 0.3) is 0 Å². The van der Waals surface area contributed by atoms with Crippen molar-refractivity contribution in [1.82, 2.24) is 10.3 Å². The van der Waals surface area contributed by atoms with Gasteiger partial charge < -0.3 is 21.1 Å². The number of hydrogen-bond donors (Lipinski definition) is 4. The first-order valence-corrected chi connectivity index (χ1v) is 11.8. The fourth-order valence-electron chi connectivity index (χ4n) is 4.32. The molecule has 0 saturated carbocycles. The van der Waals surface area contributed by atoms with Gasteiger partial charge in [-0.1, -0.05) is 36.4 Å². The number of rotatable bonds is 2. The molecule has 182 valence electrons. The summed E-state index contributed by atoms with van der Waals surface area (Å²) in [7, 11) is 0. The molecular formula is C28H27N5O3. The molecule has 6 rings (SSSR count). The van der Waals surface area contributed by atoms with Gasteiger partial charge in [0.15, 0.2) is 0 Å². The number of aromatic nitrogens is 1. The third kappa shape index (κ3) is 5.07. The number of ether oxygens (including phenoxy) is 1. The largest absolute Gasteiger partial charge is 0.449 e. The summed E-state index contributed by atoms with van der Waals surface area (Å²) >= 11 is 0. The lowest BCUT2D eigenvalue weighted by Gasteiger charge is -2.24. The monoisotopic (exact) mass is 481 g/mol. The van der Waals surface area contributed by atoms with Crippen LogP contribution in [0.25, 0.3) is 10.8 Å². The zero-order valence-corrected chi connectivity index (χ0v) is 19.8. The smallest absolute Gasteiger partial charge is 0.411 e. The van der Waals surface area contributed by atoms with E-state index in [1.807, 2.05) is 73.7 Å². The van der Waals surface area contributed by atoms with Crippen molar-refractivity contribution in [3.05, 3.63) is 95.7 Å². The summed E-state index contributed by atoms with van der Waals surface area (Å²) in [4.78, 5) is 29.9. The second-order valence-electron chi connectivity index (χ2n) is 8.82. The maximum Gasteiger partial charge on any atom is 0.411 e. The van der Waals surface area contributed by atoms with Crippen molar-refractivity contribution in [2.45, 2.75) is 25.4 Å². The average molecular weight is 482 g/mol. The lowest BCUT2D eigenvalue weighted by molar-refractivity contribution is -0.122. The van der Waals surface area contributed by atoms with Crippen molar-refractivity contribution < 1.29 is 14.3 Å². The van der Waals surface area contributed by atoms with Gasteiger partial charge in [-0.3, -0.25) is 10.1 Å². The van der Waals surface area contributed by atoms with E-state index in [-0.39, 0.29) is 18.6 Å². The minimum Gasteiger partial charge on any atom is -0.449 e. The first-order chi connectivity index (χ1) is 17.5. The van der Waals surface area contributed by atoms with E-state index in [9.17, 15) is 9.59 Å². The highest BCUT2D eigenvalue weighted by Gasteiger charge is 2.23. The Morgan fingerprint density at radius 1 is 1.00 bits per heavy atom. The van der Waals surface area contributed by atoms with Crippen LogP contribution in [0.3, 0.4) is 0 Å². The van der Waals surface area contributed by atoms with Gasteiger partial charge in [-0.05, 0) is 65.4 Å². The number of fused-ring (bicyclic) bond motifs is 10. The third-order valence-corrected chi connectivity index (χ3v) is 6.30. The number of amides is 2. The highest BCUT2D eigenvalue weighted by Crippen LogP contribution is 2.27. The van der Waals surface area contributed by atoms with Crippen LogP contribution in [0.4, 0.5) is 22.0 Å². The molecule has 5 N–H and O–H groups in total. The molecule has 3 aromatic carbocycles. The molecule has 36 heavy (non-hydrogen) atoms. The van der Waals surface area contributed by atoms with Gasteiger partial charge in [0, 0.05) is 29.4 Å². The van der Waals surface area contributed by atoms with E-state index >= 15 is 0 Å². The number of nitrogens with one attached hydrogen (secondary N) is 3. The van der Waals surface area contributed by atoms with Crippen molar-refractivity contribution in [1.29, 1.82) is 0 Å². The lowest BCUT2D eigenvalue weighted by atomic mass is 10.0. The van der Waals surface area contributed by atoms with Gasteiger partial charge in [0.1, 0.15) is 11.9 Å². The molecule has 1 aromatic heterocycles. The molecular weight excluding hydrogens is 454 g/mol. The Kier molecular flexibility index (Phi) is 6.40. The molecule has 0 aliphatic carbocycles. The second kappa shape index (κ2) is 9.95. The van der Waals surface area contributed by atoms with Crippen molar-refractivity contribution in [2.75, 3.05) is 23.0 Å². The molecule has 0 saturated heterocycles. The third-order valence-electron chi connectivity index (χ3n) is 6.30. The maximum absolute atomic E-state index is 13.6. The second-order valence-corrected chi connectivity index (χ2v) is 8.82. The van der Waals surface area contributed by atoms with Gasteiger partial charge in [-0.2, -0.15) is 0 Å². The molecule has 3 heterocycles. The number of carbonyl (C=O) groups excluding carboxylic acids is 2. The van der Waals surface area contributed by atoms with E-state index in [4.69, 9.17) is 10.5 Å². The van der Waals surface area contributed by atoms with Crippen LogP contribution in [-0.4, -0.2) is 23.6 Å². The number of nitrogens with zero attached hydrogens (tertiary/aromatic N) is 1. The summed E-state index contributed by atoms with van der Waals surface area (Å²) in [6.45, 7) is 2.16. The van der Waals surface area contributed by atoms with Gasteiger partial charge >= 0.3 is 6.09 Å². The van der Waals surface area contributed by atoms with Crippen LogP contribution in [0.2, 0.25) is 0 Å². The van der Waals surface area contributed by atoms with Crippen LogP contribution in [0.15, 0.2) is 79.0 Å². The summed E-state index contributed by atoms with van der Waals surface area (Å²) in [6, 6.07) is 21.8. The van der Waals surface area contributed by atoms with Crippen LogP contribution in [0, 0.1) is 0 Å². The highest BCUT2D eigenvalue weighted by atomic mass is 16.5. The van der Waals surface area contributed by atoms with Crippen LogP contribution in [-0.2, 0) is 16.0 Å². The van der Waals surface area contributed by atoms with Crippen LogP contribution in [0.5, 0.6) is 0 Å². The molecule has 4 bridgehead atoms. The summed E-state index contributed by atoms with van der Waals surface area (Å²) < 4.78 is 5.34. The normalized spacial score (nSPS) is 18.2. The first kappa shape index (κ1) is 23.2. The molecule has 2 aliphatic heterocycles. The number of carbonyl (C=O) groups is 2. The summed E-state index contributed by atoms with van der Waals surface area (Å²) in [5, 5.41) is 11.1. The van der Waals surface area contributed by atoms with E-state index in [2.05, 4.69) is 20.9 Å². The van der Waals surface area contributed by atoms with Gasteiger partial charge in [-0.15, -0.1) is 0 Å². The summed E-state index contributed by atoms with van der Waals surface area (Å²) in [6.07, 6.45) is 1.72. The molecule has 4 aromatic rings. The van der Waals surface area contributed by atoms with Crippen molar-refractivity contribution >= 4 is 40.0 Å². The fraction of sp³-hybridized carbons (Fsp3) is 0.179. The van der Waals surface area contributed by atoms with Gasteiger partial charge in [0.2, 0.25) is 5.91 Å². The predicted octanol–water partition coefficient (Wildman–Crippen LogP) is 4.95. The quantitative estimate of drug-likeness (QED) is 0.322. The minimum absolute atomic E-state index is 0.172. The number of nitrogens with two attached hydrogens (primary N) is 1. The van der Waals surface area contributed by atoms with Crippen LogP contribution >= 0.6 is 0 Å².